The number of hydrogen-bond acceptors (Lipinski definition) is 4. The highest BCUT2D eigenvalue weighted by Gasteiger charge is 2.13. The lowest BCUT2D eigenvalue weighted by molar-refractivity contribution is -0.144. The second-order valence-electron chi connectivity index (χ2n) is 3.10. The molecule has 1 rings (SSSR count). The SMILES string of the molecule is CCn1nc(C)cc1C(=O)NOCC(=O)O. The molecule has 0 aliphatic heterocycles. The molecule has 0 atom stereocenters. The van der Waals surface area contributed by atoms with Crippen LogP contribution in [0.1, 0.15) is 23.1 Å². The van der Waals surface area contributed by atoms with Gasteiger partial charge in [-0.15, -0.1) is 0 Å². The predicted molar refractivity (Wildman–Crippen MR) is 53.7 cm³/mol. The third-order valence-electron chi connectivity index (χ3n) is 1.79. The molecule has 0 saturated carbocycles. The fraction of sp³-hybridized carbons (Fsp3) is 0.444. The number of nitrogens with zero attached hydrogens (tertiary/aromatic N) is 2. The molecule has 7 nitrogen and oxygen atoms in total. The smallest absolute Gasteiger partial charge is 0.332 e. The summed E-state index contributed by atoms with van der Waals surface area (Å²) < 4.78 is 1.51. The Hall–Kier alpha value is -1.89. The maximum absolute atomic E-state index is 11.5. The zero-order valence-corrected chi connectivity index (χ0v) is 9.06. The standard InChI is InChI=1S/C9H13N3O4/c1-3-12-7(4-6(2)10-12)9(15)11-16-5-8(13)14/h4H,3,5H2,1-2H3,(H,11,15)(H,13,14). The second-order valence-corrected chi connectivity index (χ2v) is 3.10. The van der Waals surface area contributed by atoms with Crippen LogP contribution in [-0.2, 0) is 16.2 Å². The minimum atomic E-state index is -1.15. The van der Waals surface area contributed by atoms with Crippen molar-refractivity contribution in [3.05, 3.63) is 17.5 Å². The molecule has 0 saturated heterocycles. The number of aliphatic carboxylic acids is 1. The molecule has 0 aliphatic rings. The molecular weight excluding hydrogens is 214 g/mol. The normalized spacial score (nSPS) is 10.1. The molecular formula is C9H13N3O4. The molecule has 0 aliphatic carbocycles. The van der Waals surface area contributed by atoms with E-state index in [4.69, 9.17) is 5.11 Å². The van der Waals surface area contributed by atoms with Crippen molar-refractivity contribution in [2.75, 3.05) is 6.61 Å². The maximum atomic E-state index is 11.5. The molecule has 0 aromatic carbocycles. The lowest BCUT2D eigenvalue weighted by atomic mass is 10.3. The second kappa shape index (κ2) is 5.26. The Morgan fingerprint density at radius 1 is 1.62 bits per heavy atom. The van der Waals surface area contributed by atoms with E-state index in [-0.39, 0.29) is 0 Å². The average Bonchev–Trinajstić information content (AvgIpc) is 2.59. The van der Waals surface area contributed by atoms with Crippen molar-refractivity contribution in [2.24, 2.45) is 0 Å². The Morgan fingerprint density at radius 2 is 2.31 bits per heavy atom. The Morgan fingerprint density at radius 3 is 2.88 bits per heavy atom. The fourth-order valence-electron chi connectivity index (χ4n) is 1.18. The number of hydrogen-bond donors (Lipinski definition) is 2. The summed E-state index contributed by atoms with van der Waals surface area (Å²) in [6, 6.07) is 1.60. The van der Waals surface area contributed by atoms with Gasteiger partial charge in [0.2, 0.25) is 0 Å². The van der Waals surface area contributed by atoms with Crippen LogP contribution >= 0.6 is 0 Å². The monoisotopic (exact) mass is 227 g/mol. The van der Waals surface area contributed by atoms with E-state index in [1.807, 2.05) is 12.4 Å². The number of carboxylic acids is 1. The van der Waals surface area contributed by atoms with E-state index in [1.54, 1.807) is 13.0 Å². The maximum Gasteiger partial charge on any atom is 0.332 e. The van der Waals surface area contributed by atoms with Crippen LogP contribution in [0.5, 0.6) is 0 Å². The highest BCUT2D eigenvalue weighted by molar-refractivity contribution is 5.92. The predicted octanol–water partition coefficient (Wildman–Crippen LogP) is -0.0426. The van der Waals surface area contributed by atoms with Gasteiger partial charge in [0.15, 0.2) is 6.61 Å². The van der Waals surface area contributed by atoms with Crippen LogP contribution in [0.25, 0.3) is 0 Å². The molecule has 1 aromatic heterocycles. The first-order valence-electron chi connectivity index (χ1n) is 4.73. The van der Waals surface area contributed by atoms with Crippen LogP contribution in [0.4, 0.5) is 0 Å². The minimum absolute atomic E-state index is 0.338. The van der Waals surface area contributed by atoms with E-state index in [0.29, 0.717) is 17.9 Å². The topological polar surface area (TPSA) is 93.5 Å². The van der Waals surface area contributed by atoms with Gasteiger partial charge in [-0.3, -0.25) is 14.3 Å². The molecule has 1 heterocycles. The molecule has 0 fully saturated rings. The molecule has 2 N–H and O–H groups in total. The Kier molecular flexibility index (Phi) is 4.01. The summed E-state index contributed by atoms with van der Waals surface area (Å²) in [5, 5.41) is 12.4. The van der Waals surface area contributed by atoms with Crippen molar-refractivity contribution < 1.29 is 19.5 Å². The summed E-state index contributed by atoms with van der Waals surface area (Å²) in [6.45, 7) is 3.59. The molecule has 0 spiro atoms. The third kappa shape index (κ3) is 3.06. The molecule has 1 amide bonds. The lowest BCUT2D eigenvalue weighted by Crippen LogP contribution is -2.28. The first-order chi connectivity index (χ1) is 7.54. The Balaban J connectivity index is 2.61. The van der Waals surface area contributed by atoms with Gasteiger partial charge in [0.1, 0.15) is 5.69 Å². The van der Waals surface area contributed by atoms with Crippen LogP contribution in [0, 0.1) is 6.92 Å². The minimum Gasteiger partial charge on any atom is -0.479 e. The molecule has 1 aromatic rings. The number of amides is 1. The van der Waals surface area contributed by atoms with E-state index < -0.39 is 18.5 Å². The van der Waals surface area contributed by atoms with Crippen molar-refractivity contribution in [1.29, 1.82) is 0 Å². The molecule has 0 unspecified atom stereocenters. The first-order valence-corrected chi connectivity index (χ1v) is 4.73. The third-order valence-corrected chi connectivity index (χ3v) is 1.79. The largest absolute Gasteiger partial charge is 0.479 e. The van der Waals surface area contributed by atoms with E-state index in [0.717, 1.165) is 0 Å². The number of aryl methyl sites for hydroxylation is 2. The number of carbonyl (C=O) groups is 2. The van der Waals surface area contributed by atoms with Gasteiger partial charge in [0.05, 0.1) is 5.69 Å². The van der Waals surface area contributed by atoms with Crippen molar-refractivity contribution in [2.45, 2.75) is 20.4 Å². The van der Waals surface area contributed by atoms with Gasteiger partial charge in [-0.2, -0.15) is 5.10 Å². The van der Waals surface area contributed by atoms with E-state index in [2.05, 4.69) is 9.94 Å². The van der Waals surface area contributed by atoms with Gasteiger partial charge in [-0.25, -0.2) is 10.3 Å². The highest BCUT2D eigenvalue weighted by Crippen LogP contribution is 2.03. The highest BCUT2D eigenvalue weighted by atomic mass is 16.7. The molecule has 88 valence electrons. The number of aromatic nitrogens is 2. The molecule has 7 heteroatoms. The summed E-state index contributed by atoms with van der Waals surface area (Å²) in [5.74, 6) is -1.66. The van der Waals surface area contributed by atoms with E-state index >= 15 is 0 Å². The zero-order valence-electron chi connectivity index (χ0n) is 9.06. The van der Waals surface area contributed by atoms with Crippen LogP contribution in [0.3, 0.4) is 0 Å². The quantitative estimate of drug-likeness (QED) is 0.688. The van der Waals surface area contributed by atoms with Gasteiger partial charge in [0.25, 0.3) is 5.91 Å². The zero-order chi connectivity index (χ0) is 12.1. The molecule has 0 bridgehead atoms. The average molecular weight is 227 g/mol. The van der Waals surface area contributed by atoms with E-state index in [9.17, 15) is 9.59 Å². The van der Waals surface area contributed by atoms with Crippen molar-refractivity contribution in [3.63, 3.8) is 0 Å². The van der Waals surface area contributed by atoms with Crippen LogP contribution in [0.15, 0.2) is 6.07 Å². The van der Waals surface area contributed by atoms with E-state index in [1.165, 1.54) is 4.68 Å². The summed E-state index contributed by atoms with van der Waals surface area (Å²) in [4.78, 5) is 26.2. The van der Waals surface area contributed by atoms with Crippen molar-refractivity contribution in [1.82, 2.24) is 15.3 Å². The molecule has 0 radical (unpaired) electrons. The molecule has 16 heavy (non-hydrogen) atoms. The number of nitrogens with one attached hydrogen (secondary N) is 1. The van der Waals surface area contributed by atoms with Gasteiger partial charge in [-0.1, -0.05) is 0 Å². The number of carbonyl (C=O) groups excluding carboxylic acids is 1. The van der Waals surface area contributed by atoms with Crippen molar-refractivity contribution in [3.8, 4) is 0 Å². The summed E-state index contributed by atoms with van der Waals surface area (Å²) >= 11 is 0. The van der Waals surface area contributed by atoms with Gasteiger partial charge in [0, 0.05) is 6.54 Å². The Labute approximate surface area is 92.0 Å². The summed E-state index contributed by atoms with van der Waals surface area (Å²) in [7, 11) is 0. The lowest BCUT2D eigenvalue weighted by Gasteiger charge is -2.05. The fourth-order valence-corrected chi connectivity index (χ4v) is 1.18. The first kappa shape index (κ1) is 12.2. The summed E-state index contributed by atoms with van der Waals surface area (Å²) in [6.07, 6.45) is 0. The van der Waals surface area contributed by atoms with Crippen molar-refractivity contribution >= 4 is 11.9 Å². The summed E-state index contributed by atoms with van der Waals surface area (Å²) in [5.41, 5.74) is 3.09. The number of rotatable bonds is 5. The number of carboxylic acid groups (broad SMARTS) is 1. The van der Waals surface area contributed by atoms with Crippen LogP contribution < -0.4 is 5.48 Å². The Bertz CT molecular complexity index is 399. The number of hydroxylamine groups is 1. The van der Waals surface area contributed by atoms with Gasteiger partial charge in [-0.05, 0) is 19.9 Å². The van der Waals surface area contributed by atoms with Crippen LogP contribution in [0.2, 0.25) is 0 Å². The van der Waals surface area contributed by atoms with Gasteiger partial charge < -0.3 is 5.11 Å². The van der Waals surface area contributed by atoms with Crippen LogP contribution in [-0.4, -0.2) is 33.4 Å². The van der Waals surface area contributed by atoms with Gasteiger partial charge >= 0.3 is 5.97 Å².